The van der Waals surface area contributed by atoms with Crippen molar-refractivity contribution >= 4 is 11.9 Å². The van der Waals surface area contributed by atoms with Gasteiger partial charge in [0.25, 0.3) is 5.91 Å². The van der Waals surface area contributed by atoms with E-state index in [1.54, 1.807) is 29.1 Å². The lowest BCUT2D eigenvalue weighted by molar-refractivity contribution is 0.0623. The second-order valence-corrected chi connectivity index (χ2v) is 7.57. The van der Waals surface area contributed by atoms with Gasteiger partial charge in [0.2, 0.25) is 5.76 Å². The van der Waals surface area contributed by atoms with Gasteiger partial charge in [-0.05, 0) is 45.0 Å². The van der Waals surface area contributed by atoms with Gasteiger partial charge in [-0.3, -0.25) is 9.69 Å². The van der Waals surface area contributed by atoms with Gasteiger partial charge < -0.3 is 24.1 Å². The van der Waals surface area contributed by atoms with Crippen LogP contribution in [0, 0.1) is 6.92 Å². The first kappa shape index (κ1) is 19.5. The SMILES string of the molecule is Cc1cc(C(=O)N2CCN(C(=O)NCC(c3ccco3)N3CCCC3)CC2)on1. The molecule has 3 amide bonds. The molecule has 1 unspecified atom stereocenters. The Balaban J connectivity index is 1.28. The maximum absolute atomic E-state index is 12.7. The number of amides is 3. The van der Waals surface area contributed by atoms with E-state index < -0.39 is 0 Å². The molecule has 4 rings (SSSR count). The Kier molecular flexibility index (Phi) is 5.84. The zero-order chi connectivity index (χ0) is 20.2. The highest BCUT2D eigenvalue weighted by Crippen LogP contribution is 2.25. The van der Waals surface area contributed by atoms with Crippen LogP contribution in [0.5, 0.6) is 0 Å². The van der Waals surface area contributed by atoms with Crippen LogP contribution in [0.15, 0.2) is 33.4 Å². The third-order valence-electron chi connectivity index (χ3n) is 5.59. The largest absolute Gasteiger partial charge is 0.468 e. The molecule has 156 valence electrons. The molecule has 2 aliphatic rings. The van der Waals surface area contributed by atoms with Crippen LogP contribution < -0.4 is 5.32 Å². The first-order chi connectivity index (χ1) is 14.1. The number of aromatic nitrogens is 1. The van der Waals surface area contributed by atoms with Crippen molar-refractivity contribution < 1.29 is 18.5 Å². The van der Waals surface area contributed by atoms with Crippen LogP contribution in [-0.2, 0) is 0 Å². The number of likely N-dealkylation sites (tertiary alicyclic amines) is 1. The molecule has 2 aliphatic heterocycles. The third-order valence-corrected chi connectivity index (χ3v) is 5.59. The van der Waals surface area contributed by atoms with E-state index in [4.69, 9.17) is 8.94 Å². The Hall–Kier alpha value is -2.81. The number of nitrogens with one attached hydrogen (secondary N) is 1. The maximum atomic E-state index is 12.7. The fourth-order valence-electron chi connectivity index (χ4n) is 3.97. The number of hydrogen-bond acceptors (Lipinski definition) is 6. The van der Waals surface area contributed by atoms with Crippen LogP contribution in [0.2, 0.25) is 0 Å². The Morgan fingerprint density at radius 2 is 1.86 bits per heavy atom. The molecule has 2 saturated heterocycles. The Morgan fingerprint density at radius 1 is 1.14 bits per heavy atom. The van der Waals surface area contributed by atoms with E-state index in [0.717, 1.165) is 18.8 Å². The lowest BCUT2D eigenvalue weighted by Crippen LogP contribution is -2.53. The van der Waals surface area contributed by atoms with Crippen molar-refractivity contribution in [1.82, 2.24) is 25.2 Å². The molecular weight excluding hydrogens is 374 g/mol. The molecule has 9 nitrogen and oxygen atoms in total. The molecule has 0 aromatic carbocycles. The summed E-state index contributed by atoms with van der Waals surface area (Å²) in [7, 11) is 0. The van der Waals surface area contributed by atoms with Gasteiger partial charge in [0.05, 0.1) is 18.0 Å². The van der Waals surface area contributed by atoms with Crippen LogP contribution >= 0.6 is 0 Å². The molecule has 4 heterocycles. The first-order valence-electron chi connectivity index (χ1n) is 10.1. The molecule has 29 heavy (non-hydrogen) atoms. The predicted molar refractivity (Wildman–Crippen MR) is 104 cm³/mol. The van der Waals surface area contributed by atoms with E-state index in [1.807, 2.05) is 12.1 Å². The maximum Gasteiger partial charge on any atom is 0.317 e. The highest BCUT2D eigenvalue weighted by Gasteiger charge is 2.29. The molecule has 0 saturated carbocycles. The number of aryl methyl sites for hydroxylation is 1. The van der Waals surface area contributed by atoms with Gasteiger partial charge in [0.1, 0.15) is 5.76 Å². The second kappa shape index (κ2) is 8.69. The standard InChI is InChI=1S/C20H27N5O4/c1-15-13-18(29-22-15)19(26)24-8-10-25(11-9-24)20(27)21-14-16(17-5-4-12-28-17)23-6-2-3-7-23/h4-5,12-13,16H,2-3,6-11,14H2,1H3,(H,21,27). The van der Waals surface area contributed by atoms with E-state index in [-0.39, 0.29) is 23.7 Å². The summed E-state index contributed by atoms with van der Waals surface area (Å²) in [6, 6.07) is 5.42. The van der Waals surface area contributed by atoms with Crippen molar-refractivity contribution in [3.8, 4) is 0 Å². The second-order valence-electron chi connectivity index (χ2n) is 7.57. The van der Waals surface area contributed by atoms with E-state index in [9.17, 15) is 9.59 Å². The number of furan rings is 1. The van der Waals surface area contributed by atoms with Gasteiger partial charge >= 0.3 is 6.03 Å². The van der Waals surface area contributed by atoms with Gasteiger partial charge in [-0.1, -0.05) is 5.16 Å². The fraction of sp³-hybridized carbons (Fsp3) is 0.550. The van der Waals surface area contributed by atoms with Crippen molar-refractivity contribution in [3.63, 3.8) is 0 Å². The van der Waals surface area contributed by atoms with Crippen LogP contribution in [0.4, 0.5) is 4.79 Å². The highest BCUT2D eigenvalue weighted by molar-refractivity contribution is 5.91. The van der Waals surface area contributed by atoms with Gasteiger partial charge in [0.15, 0.2) is 0 Å². The Morgan fingerprint density at radius 3 is 2.48 bits per heavy atom. The van der Waals surface area contributed by atoms with Gasteiger partial charge in [0, 0.05) is 38.8 Å². The molecule has 1 N–H and O–H groups in total. The lowest BCUT2D eigenvalue weighted by Gasteiger charge is -2.35. The normalized spacial score (nSPS) is 18.8. The quantitative estimate of drug-likeness (QED) is 0.822. The summed E-state index contributed by atoms with van der Waals surface area (Å²) >= 11 is 0. The molecular formula is C20H27N5O4. The van der Waals surface area contributed by atoms with Gasteiger partial charge in [-0.15, -0.1) is 0 Å². The van der Waals surface area contributed by atoms with Gasteiger partial charge in [-0.25, -0.2) is 4.79 Å². The van der Waals surface area contributed by atoms with Crippen molar-refractivity contribution in [2.24, 2.45) is 0 Å². The molecule has 2 aromatic rings. The number of carbonyl (C=O) groups excluding carboxylic acids is 2. The van der Waals surface area contributed by atoms with Crippen molar-refractivity contribution in [2.75, 3.05) is 45.8 Å². The smallest absolute Gasteiger partial charge is 0.317 e. The van der Waals surface area contributed by atoms with Gasteiger partial charge in [-0.2, -0.15) is 0 Å². The number of piperazine rings is 1. The monoisotopic (exact) mass is 401 g/mol. The van der Waals surface area contributed by atoms with E-state index in [1.165, 1.54) is 12.8 Å². The molecule has 0 radical (unpaired) electrons. The number of nitrogens with zero attached hydrogens (tertiary/aromatic N) is 4. The number of urea groups is 1. The fourth-order valence-corrected chi connectivity index (χ4v) is 3.97. The lowest BCUT2D eigenvalue weighted by atomic mass is 10.2. The minimum Gasteiger partial charge on any atom is -0.468 e. The minimum absolute atomic E-state index is 0.0500. The van der Waals surface area contributed by atoms with Crippen LogP contribution in [-0.4, -0.2) is 77.6 Å². The zero-order valence-corrected chi connectivity index (χ0v) is 16.7. The van der Waals surface area contributed by atoms with Crippen molar-refractivity contribution in [3.05, 3.63) is 41.7 Å². The Bertz CT molecular complexity index is 820. The molecule has 2 aromatic heterocycles. The summed E-state index contributed by atoms with van der Waals surface area (Å²) in [5, 5.41) is 6.81. The van der Waals surface area contributed by atoms with E-state index in [2.05, 4.69) is 15.4 Å². The van der Waals surface area contributed by atoms with Crippen molar-refractivity contribution in [2.45, 2.75) is 25.8 Å². The van der Waals surface area contributed by atoms with Crippen LogP contribution in [0.1, 0.15) is 40.9 Å². The van der Waals surface area contributed by atoms with E-state index >= 15 is 0 Å². The molecule has 0 bridgehead atoms. The summed E-state index contributed by atoms with van der Waals surface area (Å²) in [6.45, 7) is 6.23. The number of carbonyl (C=O) groups is 2. The third kappa shape index (κ3) is 4.45. The summed E-state index contributed by atoms with van der Waals surface area (Å²) in [6.07, 6.45) is 4.02. The zero-order valence-electron chi connectivity index (χ0n) is 16.7. The predicted octanol–water partition coefficient (Wildman–Crippen LogP) is 1.88. The summed E-state index contributed by atoms with van der Waals surface area (Å²) in [5.74, 6) is 0.940. The number of hydrogen-bond donors (Lipinski definition) is 1. The van der Waals surface area contributed by atoms with Crippen LogP contribution in [0.25, 0.3) is 0 Å². The molecule has 2 fully saturated rings. The van der Waals surface area contributed by atoms with Crippen LogP contribution in [0.3, 0.4) is 0 Å². The topological polar surface area (TPSA) is 95.1 Å². The summed E-state index contributed by atoms with van der Waals surface area (Å²) in [4.78, 5) is 30.9. The minimum atomic E-state index is -0.183. The average Bonchev–Trinajstić information content (AvgIpc) is 3.51. The first-order valence-corrected chi connectivity index (χ1v) is 10.1. The molecule has 9 heteroatoms. The Labute approximate surface area is 169 Å². The molecule has 0 aliphatic carbocycles. The molecule has 1 atom stereocenters. The number of rotatable bonds is 5. The average molecular weight is 401 g/mol. The van der Waals surface area contributed by atoms with E-state index in [0.29, 0.717) is 38.4 Å². The summed E-state index contributed by atoms with van der Waals surface area (Å²) in [5.41, 5.74) is 0.676. The van der Waals surface area contributed by atoms with Crippen molar-refractivity contribution in [1.29, 1.82) is 0 Å². The highest BCUT2D eigenvalue weighted by atomic mass is 16.5. The molecule has 0 spiro atoms. The summed E-state index contributed by atoms with van der Waals surface area (Å²) < 4.78 is 10.7.